The van der Waals surface area contributed by atoms with E-state index in [-0.39, 0.29) is 11.8 Å². The van der Waals surface area contributed by atoms with E-state index in [2.05, 4.69) is 19.9 Å². The molecule has 2 aromatic rings. The minimum Gasteiger partial charge on any atom is -0.462 e. The number of hydrogen-bond acceptors (Lipinski definition) is 3. The van der Waals surface area contributed by atoms with E-state index in [0.717, 1.165) is 36.8 Å². The van der Waals surface area contributed by atoms with Crippen molar-refractivity contribution in [2.45, 2.75) is 46.0 Å². The quantitative estimate of drug-likeness (QED) is 0.591. The van der Waals surface area contributed by atoms with E-state index >= 15 is 0 Å². The lowest BCUT2D eigenvalue weighted by molar-refractivity contribution is 0.0500. The number of Topliss-reactive ketones (excluding diaryl/α,β-unsaturated/α-hetero) is 1. The Balaban J connectivity index is 1.66. The fraction of sp³-hybridized carbons (Fsp3) is 0.364. The lowest BCUT2D eigenvalue weighted by atomic mass is 9.81. The van der Waals surface area contributed by atoms with Crippen molar-refractivity contribution in [2.24, 2.45) is 0 Å². The molecule has 0 aliphatic heterocycles. The van der Waals surface area contributed by atoms with Gasteiger partial charge >= 0.3 is 5.97 Å². The molecule has 0 saturated carbocycles. The molecule has 1 aliphatic rings. The van der Waals surface area contributed by atoms with Crippen LogP contribution in [0.4, 0.5) is 0 Å². The summed E-state index contributed by atoms with van der Waals surface area (Å²) < 4.78 is 5.36. The van der Waals surface area contributed by atoms with Gasteiger partial charge in [0.15, 0.2) is 5.78 Å². The monoisotopic (exact) mass is 336 g/mol. The molecule has 0 atom stereocenters. The van der Waals surface area contributed by atoms with Gasteiger partial charge in [-0.25, -0.2) is 4.79 Å². The Hall–Kier alpha value is -2.42. The maximum atomic E-state index is 12.5. The summed E-state index contributed by atoms with van der Waals surface area (Å²) in [5.41, 5.74) is 6.26. The lowest BCUT2D eigenvalue weighted by Crippen LogP contribution is -2.17. The van der Waals surface area contributed by atoms with E-state index in [1.807, 2.05) is 18.2 Å². The molecule has 0 N–H and O–H groups in total. The lowest BCUT2D eigenvalue weighted by Gasteiger charge is -2.22. The van der Waals surface area contributed by atoms with Crippen molar-refractivity contribution in [3.8, 4) is 0 Å². The number of aryl methyl sites for hydroxylation is 2. The van der Waals surface area contributed by atoms with Crippen molar-refractivity contribution in [1.82, 2.24) is 0 Å². The molecule has 3 heteroatoms. The van der Waals surface area contributed by atoms with Crippen molar-refractivity contribution >= 4 is 11.8 Å². The molecule has 2 aromatic carbocycles. The van der Waals surface area contributed by atoms with Crippen molar-refractivity contribution in [3.63, 3.8) is 0 Å². The summed E-state index contributed by atoms with van der Waals surface area (Å²) in [4.78, 5) is 24.4. The third kappa shape index (κ3) is 3.81. The average molecular weight is 336 g/mol. The van der Waals surface area contributed by atoms with Crippen LogP contribution in [0.1, 0.15) is 62.2 Å². The maximum absolute atomic E-state index is 12.5. The summed E-state index contributed by atoms with van der Waals surface area (Å²) in [5, 5.41) is 0. The molecule has 0 radical (unpaired) electrons. The highest BCUT2D eigenvalue weighted by atomic mass is 16.5. The summed E-state index contributed by atoms with van der Waals surface area (Å²) in [6, 6.07) is 11.2. The molecular weight excluding hydrogens is 312 g/mol. The van der Waals surface area contributed by atoms with E-state index in [0.29, 0.717) is 18.6 Å². The van der Waals surface area contributed by atoms with Gasteiger partial charge in [0, 0.05) is 12.0 Å². The smallest absolute Gasteiger partial charge is 0.338 e. The first-order valence-electron chi connectivity index (χ1n) is 8.95. The Morgan fingerprint density at radius 3 is 2.60 bits per heavy atom. The topological polar surface area (TPSA) is 43.4 Å². The number of fused-ring (bicyclic) bond motifs is 1. The molecule has 0 bridgehead atoms. The predicted molar refractivity (Wildman–Crippen MR) is 98.2 cm³/mol. The van der Waals surface area contributed by atoms with E-state index < -0.39 is 0 Å². The van der Waals surface area contributed by atoms with Gasteiger partial charge in [0.2, 0.25) is 0 Å². The zero-order chi connectivity index (χ0) is 17.8. The number of ether oxygens (including phenoxy) is 1. The van der Waals surface area contributed by atoms with Gasteiger partial charge in [-0.2, -0.15) is 0 Å². The first kappa shape index (κ1) is 17.4. The number of carbonyl (C=O) groups is 2. The number of hydrogen-bond donors (Lipinski definition) is 0. The highest BCUT2D eigenvalue weighted by molar-refractivity contribution is 6.00. The molecule has 3 rings (SSSR count). The maximum Gasteiger partial charge on any atom is 0.338 e. The zero-order valence-corrected chi connectivity index (χ0v) is 14.9. The number of carbonyl (C=O) groups excluding carboxylic acids is 2. The van der Waals surface area contributed by atoms with E-state index in [4.69, 9.17) is 4.74 Å². The molecule has 0 heterocycles. The van der Waals surface area contributed by atoms with Crippen LogP contribution >= 0.6 is 0 Å². The number of rotatable bonds is 5. The Kier molecular flexibility index (Phi) is 5.32. The van der Waals surface area contributed by atoms with Crippen LogP contribution in [0.5, 0.6) is 0 Å². The van der Waals surface area contributed by atoms with Gasteiger partial charge in [-0.15, -0.1) is 0 Å². The van der Waals surface area contributed by atoms with Crippen LogP contribution in [0.2, 0.25) is 0 Å². The Bertz CT molecular complexity index is 791. The molecule has 0 saturated heterocycles. The Morgan fingerprint density at radius 2 is 1.84 bits per heavy atom. The first-order chi connectivity index (χ1) is 12.1. The minimum atomic E-state index is -0.292. The van der Waals surface area contributed by atoms with Gasteiger partial charge in [0.05, 0.1) is 12.2 Å². The second-order valence-corrected chi connectivity index (χ2v) is 6.72. The Labute approximate surface area is 149 Å². The fourth-order valence-electron chi connectivity index (χ4n) is 3.68. The normalized spacial score (nSPS) is 13.4. The summed E-state index contributed by atoms with van der Waals surface area (Å²) in [7, 11) is 0. The van der Waals surface area contributed by atoms with Crippen LogP contribution < -0.4 is 0 Å². The van der Waals surface area contributed by atoms with Crippen LogP contribution in [0.15, 0.2) is 36.4 Å². The summed E-state index contributed by atoms with van der Waals surface area (Å²) >= 11 is 0. The van der Waals surface area contributed by atoms with Crippen molar-refractivity contribution in [2.75, 3.05) is 6.61 Å². The van der Waals surface area contributed by atoms with Gasteiger partial charge in [-0.1, -0.05) is 24.3 Å². The van der Waals surface area contributed by atoms with Crippen molar-refractivity contribution in [1.29, 1.82) is 0 Å². The molecule has 0 amide bonds. The molecule has 130 valence electrons. The average Bonchev–Trinajstić information content (AvgIpc) is 2.62. The van der Waals surface area contributed by atoms with Gasteiger partial charge in [0.1, 0.15) is 0 Å². The molecule has 25 heavy (non-hydrogen) atoms. The van der Waals surface area contributed by atoms with Crippen LogP contribution in [0.3, 0.4) is 0 Å². The first-order valence-corrected chi connectivity index (χ1v) is 8.95. The highest BCUT2D eigenvalue weighted by Gasteiger charge is 2.23. The third-order valence-electron chi connectivity index (χ3n) is 4.91. The molecule has 0 aromatic heterocycles. The molecule has 3 nitrogen and oxygen atoms in total. The van der Waals surface area contributed by atoms with Crippen molar-refractivity contribution in [3.05, 3.63) is 69.8 Å². The number of benzene rings is 2. The minimum absolute atomic E-state index is 0.268. The molecule has 0 spiro atoms. The summed E-state index contributed by atoms with van der Waals surface area (Å²) in [6.45, 7) is 4.53. The van der Waals surface area contributed by atoms with Crippen LogP contribution in [0.25, 0.3) is 0 Å². The largest absolute Gasteiger partial charge is 0.462 e. The molecule has 0 unspecified atom stereocenters. The summed E-state index contributed by atoms with van der Waals surface area (Å²) in [6.07, 6.45) is 4.07. The molecular formula is C22H24O3. The van der Waals surface area contributed by atoms with Gasteiger partial charge < -0.3 is 4.74 Å². The predicted octanol–water partition coefficient (Wildman–Crippen LogP) is 4.61. The van der Waals surface area contributed by atoms with Gasteiger partial charge in [-0.3, -0.25) is 4.79 Å². The third-order valence-corrected chi connectivity index (χ3v) is 4.91. The fourth-order valence-corrected chi connectivity index (χ4v) is 3.68. The summed E-state index contributed by atoms with van der Waals surface area (Å²) in [5.74, 6) is -0.0244. The number of ketones is 1. The van der Waals surface area contributed by atoms with Gasteiger partial charge in [0.25, 0.3) is 0 Å². The van der Waals surface area contributed by atoms with Crippen molar-refractivity contribution < 1.29 is 14.3 Å². The van der Waals surface area contributed by atoms with Crippen LogP contribution in [-0.4, -0.2) is 18.4 Å². The zero-order valence-electron chi connectivity index (χ0n) is 14.9. The van der Waals surface area contributed by atoms with Gasteiger partial charge in [-0.05, 0) is 73.9 Å². The molecule has 0 fully saturated rings. The standard InChI is InChI=1S/C22H24O3/c1-15-14-16(2)19(21-18(15)10-6-12-20(21)23)11-7-13-25-22(24)17-8-4-3-5-9-17/h3-5,8-9,14H,6-7,10-13H2,1-2H3. The van der Waals surface area contributed by atoms with Crippen LogP contribution in [0, 0.1) is 13.8 Å². The Morgan fingerprint density at radius 1 is 1.08 bits per heavy atom. The SMILES string of the molecule is Cc1cc(C)c2c(c1CCCOC(=O)c1ccccc1)C(=O)CCC2. The molecule has 1 aliphatic carbocycles. The van der Waals surface area contributed by atoms with E-state index in [1.54, 1.807) is 12.1 Å². The van der Waals surface area contributed by atoms with Crippen LogP contribution in [-0.2, 0) is 17.6 Å². The van der Waals surface area contributed by atoms with E-state index in [9.17, 15) is 9.59 Å². The highest BCUT2D eigenvalue weighted by Crippen LogP contribution is 2.30. The van der Waals surface area contributed by atoms with E-state index in [1.165, 1.54) is 16.7 Å². The second-order valence-electron chi connectivity index (χ2n) is 6.72. The second kappa shape index (κ2) is 7.64. The number of esters is 1.